The first kappa shape index (κ1) is 23.2. The van der Waals surface area contributed by atoms with Crippen molar-refractivity contribution in [2.45, 2.75) is 38.7 Å². The Morgan fingerprint density at radius 2 is 1.88 bits per heavy atom. The molecule has 0 unspecified atom stereocenters. The Labute approximate surface area is 197 Å². The largest absolute Gasteiger partial charge is 0.490 e. The maximum atomic E-state index is 12.2. The second kappa shape index (κ2) is 10.3. The van der Waals surface area contributed by atoms with E-state index < -0.39 is 11.5 Å². The van der Waals surface area contributed by atoms with Crippen molar-refractivity contribution >= 4 is 17.5 Å². The summed E-state index contributed by atoms with van der Waals surface area (Å²) in [4.78, 5) is 30.7. The highest BCUT2D eigenvalue weighted by atomic mass is 16.6. The Balaban J connectivity index is 1.67. The van der Waals surface area contributed by atoms with Crippen molar-refractivity contribution in [3.63, 3.8) is 0 Å². The number of anilines is 2. The molecule has 34 heavy (non-hydrogen) atoms. The van der Waals surface area contributed by atoms with Gasteiger partial charge in [-0.3, -0.25) is 4.79 Å². The minimum absolute atomic E-state index is 0.0268. The van der Waals surface area contributed by atoms with E-state index in [0.717, 1.165) is 36.8 Å². The maximum absolute atomic E-state index is 12.2. The number of nitrogens with zero attached hydrogens (tertiary/aromatic N) is 1. The molecule has 0 radical (unpaired) electrons. The van der Waals surface area contributed by atoms with Crippen LogP contribution in [0.2, 0.25) is 0 Å². The summed E-state index contributed by atoms with van der Waals surface area (Å²) < 4.78 is 16.8. The summed E-state index contributed by atoms with van der Waals surface area (Å²) in [6, 6.07) is 13.0. The summed E-state index contributed by atoms with van der Waals surface area (Å²) in [6.07, 6.45) is 4.25. The second-order valence-electron chi connectivity index (χ2n) is 8.07. The Morgan fingerprint density at radius 3 is 2.62 bits per heavy atom. The van der Waals surface area contributed by atoms with E-state index in [1.54, 1.807) is 13.0 Å². The number of ether oxygens (including phenoxy) is 3. The van der Waals surface area contributed by atoms with Gasteiger partial charge in [-0.2, -0.15) is 0 Å². The number of rotatable bonds is 8. The molecule has 1 aliphatic rings. The molecule has 9 nitrogen and oxygen atoms in total. The fourth-order valence-electron chi connectivity index (χ4n) is 3.92. The molecule has 5 N–H and O–H groups in total. The van der Waals surface area contributed by atoms with E-state index in [1.807, 2.05) is 36.4 Å². The number of aromatic nitrogens is 2. The van der Waals surface area contributed by atoms with Gasteiger partial charge in [0, 0.05) is 0 Å². The van der Waals surface area contributed by atoms with Gasteiger partial charge >= 0.3 is 5.97 Å². The van der Waals surface area contributed by atoms with Crippen LogP contribution in [-0.2, 0) is 9.53 Å². The van der Waals surface area contributed by atoms with E-state index in [4.69, 9.17) is 25.7 Å². The monoisotopic (exact) mass is 464 g/mol. The summed E-state index contributed by atoms with van der Waals surface area (Å²) in [5.74, 6) is 0.984. The number of hydrogen-bond acceptors (Lipinski definition) is 8. The molecule has 9 heteroatoms. The molecule has 1 aliphatic carbocycles. The Bertz CT molecular complexity index is 1230. The van der Waals surface area contributed by atoms with Gasteiger partial charge < -0.3 is 30.7 Å². The van der Waals surface area contributed by atoms with Crippen LogP contribution in [0.15, 0.2) is 47.3 Å². The third-order valence-corrected chi connectivity index (χ3v) is 5.65. The van der Waals surface area contributed by atoms with Crippen LogP contribution in [0, 0.1) is 0 Å². The molecule has 178 valence electrons. The van der Waals surface area contributed by atoms with E-state index in [0.29, 0.717) is 29.5 Å². The summed E-state index contributed by atoms with van der Waals surface area (Å²) in [7, 11) is 0. The molecule has 1 aromatic heterocycles. The standard InChI is InChI=1S/C25H28N4O5/c1-2-32-21(30)14-33-18-9-5-6-15(12-18)16-10-11-19(20(13-16)34-17-7-3-4-8-17)24-28-23(27)22(26)25(31)29-24/h5-6,9-13,17H,2-4,7-8,14,26H2,1H3,(H3,27,28,29,31). The number of benzene rings is 2. The number of hydrogen-bond donors (Lipinski definition) is 3. The number of H-pyrrole nitrogens is 1. The number of carbonyl (C=O) groups excluding carboxylic acids is 1. The molecule has 0 atom stereocenters. The first-order valence-corrected chi connectivity index (χ1v) is 11.3. The highest BCUT2D eigenvalue weighted by Crippen LogP contribution is 2.36. The van der Waals surface area contributed by atoms with Gasteiger partial charge in [0.25, 0.3) is 5.56 Å². The summed E-state index contributed by atoms with van der Waals surface area (Å²) in [5, 5.41) is 0. The van der Waals surface area contributed by atoms with E-state index in [2.05, 4.69) is 9.97 Å². The minimum atomic E-state index is -0.496. The molecular formula is C25H28N4O5. The third kappa shape index (κ3) is 5.31. The van der Waals surface area contributed by atoms with Crippen LogP contribution in [0.5, 0.6) is 11.5 Å². The van der Waals surface area contributed by atoms with Gasteiger partial charge in [-0.05, 0) is 68.0 Å². The first-order chi connectivity index (χ1) is 16.4. The SMILES string of the molecule is CCOC(=O)COc1cccc(-c2ccc(-c3nc(N)c(N)c(=O)[nH]3)c(OC3CCCC3)c2)c1. The number of nitrogens with one attached hydrogen (secondary N) is 1. The zero-order valence-corrected chi connectivity index (χ0v) is 19.0. The quantitative estimate of drug-likeness (QED) is 0.430. The van der Waals surface area contributed by atoms with Gasteiger partial charge in [0.1, 0.15) is 23.0 Å². The van der Waals surface area contributed by atoms with Crippen LogP contribution < -0.4 is 26.5 Å². The smallest absolute Gasteiger partial charge is 0.344 e. The van der Waals surface area contributed by atoms with E-state index in [-0.39, 0.29) is 24.2 Å². The van der Waals surface area contributed by atoms with Crippen LogP contribution in [0.4, 0.5) is 11.5 Å². The van der Waals surface area contributed by atoms with Gasteiger partial charge in [0.05, 0.1) is 18.3 Å². The van der Waals surface area contributed by atoms with Crippen LogP contribution in [0.3, 0.4) is 0 Å². The van der Waals surface area contributed by atoms with Gasteiger partial charge in [-0.25, -0.2) is 9.78 Å². The zero-order valence-electron chi connectivity index (χ0n) is 19.0. The van der Waals surface area contributed by atoms with Gasteiger partial charge in [-0.15, -0.1) is 0 Å². The molecule has 1 fully saturated rings. The highest BCUT2D eigenvalue weighted by molar-refractivity contribution is 5.75. The van der Waals surface area contributed by atoms with Crippen molar-refractivity contribution in [1.82, 2.24) is 9.97 Å². The van der Waals surface area contributed by atoms with Crippen LogP contribution in [-0.4, -0.2) is 35.3 Å². The van der Waals surface area contributed by atoms with Crippen molar-refractivity contribution in [3.8, 4) is 34.0 Å². The summed E-state index contributed by atoms with van der Waals surface area (Å²) in [6.45, 7) is 1.89. The fraction of sp³-hybridized carbons (Fsp3) is 0.320. The Morgan fingerprint density at radius 1 is 1.12 bits per heavy atom. The van der Waals surface area contributed by atoms with Gasteiger partial charge in [0.2, 0.25) is 0 Å². The number of esters is 1. The molecule has 1 saturated carbocycles. The Hall–Kier alpha value is -4.01. The average Bonchev–Trinajstić information content (AvgIpc) is 3.34. The molecular weight excluding hydrogens is 436 g/mol. The van der Waals surface area contributed by atoms with E-state index >= 15 is 0 Å². The average molecular weight is 465 g/mol. The molecule has 4 rings (SSSR count). The number of carbonyl (C=O) groups is 1. The van der Waals surface area contributed by atoms with Crippen molar-refractivity contribution in [1.29, 1.82) is 0 Å². The van der Waals surface area contributed by atoms with Crippen LogP contribution in [0.25, 0.3) is 22.5 Å². The minimum Gasteiger partial charge on any atom is -0.490 e. The number of aromatic amines is 1. The topological polar surface area (TPSA) is 143 Å². The van der Waals surface area contributed by atoms with Crippen LogP contribution in [0.1, 0.15) is 32.6 Å². The summed E-state index contributed by atoms with van der Waals surface area (Å²) >= 11 is 0. The van der Waals surface area contributed by atoms with Crippen molar-refractivity contribution in [3.05, 3.63) is 52.8 Å². The maximum Gasteiger partial charge on any atom is 0.344 e. The third-order valence-electron chi connectivity index (χ3n) is 5.65. The van der Waals surface area contributed by atoms with Crippen molar-refractivity contribution < 1.29 is 19.0 Å². The predicted molar refractivity (Wildman–Crippen MR) is 130 cm³/mol. The summed E-state index contributed by atoms with van der Waals surface area (Å²) in [5.41, 5.74) is 13.3. The second-order valence-corrected chi connectivity index (χ2v) is 8.07. The van der Waals surface area contributed by atoms with Crippen molar-refractivity contribution in [2.75, 3.05) is 24.7 Å². The number of nitrogen functional groups attached to an aromatic ring is 2. The van der Waals surface area contributed by atoms with Gasteiger partial charge in [-0.1, -0.05) is 18.2 Å². The molecule has 2 aromatic carbocycles. The Kier molecular flexibility index (Phi) is 7.01. The zero-order chi connectivity index (χ0) is 24.1. The molecule has 0 spiro atoms. The van der Waals surface area contributed by atoms with Crippen LogP contribution >= 0.6 is 0 Å². The lowest BCUT2D eigenvalue weighted by Crippen LogP contribution is -2.18. The van der Waals surface area contributed by atoms with Gasteiger partial charge in [0.15, 0.2) is 12.4 Å². The normalized spacial score (nSPS) is 13.6. The predicted octanol–water partition coefficient (Wildman–Crippen LogP) is 3.53. The fourth-order valence-corrected chi connectivity index (χ4v) is 3.92. The molecule has 0 bridgehead atoms. The molecule has 0 saturated heterocycles. The van der Waals surface area contributed by atoms with Crippen molar-refractivity contribution in [2.24, 2.45) is 0 Å². The van der Waals surface area contributed by atoms with E-state index in [9.17, 15) is 9.59 Å². The lowest BCUT2D eigenvalue weighted by molar-refractivity contribution is -0.145. The molecule has 0 amide bonds. The molecule has 1 heterocycles. The number of nitrogens with two attached hydrogens (primary N) is 2. The highest BCUT2D eigenvalue weighted by Gasteiger charge is 2.20. The molecule has 0 aliphatic heterocycles. The van der Waals surface area contributed by atoms with E-state index in [1.165, 1.54) is 0 Å². The lowest BCUT2D eigenvalue weighted by atomic mass is 10.0. The molecule has 3 aromatic rings. The first-order valence-electron chi connectivity index (χ1n) is 11.3. The lowest BCUT2D eigenvalue weighted by Gasteiger charge is -2.18.